The Morgan fingerprint density at radius 2 is 0.739 bits per heavy atom. The second-order valence-electron chi connectivity index (χ2n) is 18.7. The van der Waals surface area contributed by atoms with Gasteiger partial charge in [-0.1, -0.05) is 194 Å². The number of para-hydroxylation sites is 2. The summed E-state index contributed by atoms with van der Waals surface area (Å²) in [4.78, 5) is 5.08. The fraction of sp³-hybridized carbons (Fsp3) is 0.0303. The largest absolute Gasteiger partial charge is 0.457 e. The van der Waals surface area contributed by atoms with Crippen LogP contribution in [0.5, 0.6) is 11.5 Å². The molecule has 11 aromatic rings. The number of nitrogens with zero attached hydrogens (tertiary/aromatic N) is 1. The molecule has 0 bridgehead atoms. The molecule has 0 fully saturated rings. The molecule has 2 aliphatic carbocycles. The molecule has 2 nitrogen and oxygen atoms in total. The van der Waals surface area contributed by atoms with Crippen LogP contribution in [0.3, 0.4) is 0 Å². The Morgan fingerprint density at radius 3 is 1.36 bits per heavy atom. The van der Waals surface area contributed by atoms with Crippen LogP contribution < -0.4 is 9.64 Å². The molecule has 15 rings (SSSR count). The Hall–Kier alpha value is -8.37. The number of anilines is 3. The van der Waals surface area contributed by atoms with Gasteiger partial charge in [-0.15, -0.1) is 0 Å². The van der Waals surface area contributed by atoms with Gasteiger partial charge in [0.2, 0.25) is 0 Å². The zero-order valence-corrected chi connectivity index (χ0v) is 38.3. The van der Waals surface area contributed by atoms with Crippen molar-refractivity contribution in [3.05, 3.63) is 293 Å². The van der Waals surface area contributed by atoms with Crippen LogP contribution in [0.25, 0.3) is 44.2 Å². The quantitative estimate of drug-likeness (QED) is 0.175. The maximum atomic E-state index is 6.74. The van der Waals surface area contributed by atoms with Crippen molar-refractivity contribution in [3.63, 3.8) is 0 Å². The summed E-state index contributed by atoms with van der Waals surface area (Å²) in [5.41, 5.74) is 19.7. The second kappa shape index (κ2) is 14.6. The molecule has 0 saturated carbocycles. The van der Waals surface area contributed by atoms with E-state index in [-0.39, 0.29) is 0 Å². The highest BCUT2D eigenvalue weighted by Crippen LogP contribution is 2.65. The summed E-state index contributed by atoms with van der Waals surface area (Å²) >= 11 is 1.90. The third kappa shape index (κ3) is 5.28. The maximum absolute atomic E-state index is 6.74. The Morgan fingerprint density at radius 1 is 0.290 bits per heavy atom. The molecule has 4 aliphatic rings. The summed E-state index contributed by atoms with van der Waals surface area (Å²) in [5.74, 6) is 1.78. The minimum Gasteiger partial charge on any atom is -0.457 e. The Labute approximate surface area is 405 Å². The first kappa shape index (κ1) is 38.7. The lowest BCUT2D eigenvalue weighted by Crippen LogP contribution is -2.32. The lowest BCUT2D eigenvalue weighted by atomic mass is 9.66. The average Bonchev–Trinajstić information content (AvgIpc) is 3.86. The van der Waals surface area contributed by atoms with Gasteiger partial charge >= 0.3 is 0 Å². The average molecular weight is 896 g/mol. The summed E-state index contributed by atoms with van der Waals surface area (Å²) in [6.45, 7) is 0. The molecule has 1 unspecified atom stereocenters. The summed E-state index contributed by atoms with van der Waals surface area (Å²) in [6, 6.07) is 92.5. The number of rotatable bonds is 4. The van der Waals surface area contributed by atoms with E-state index < -0.39 is 10.8 Å². The van der Waals surface area contributed by atoms with Crippen molar-refractivity contribution in [3.8, 4) is 44.9 Å². The van der Waals surface area contributed by atoms with Gasteiger partial charge in [0, 0.05) is 38.0 Å². The summed E-state index contributed by atoms with van der Waals surface area (Å²) in [7, 11) is 0. The molecule has 0 aromatic heterocycles. The van der Waals surface area contributed by atoms with E-state index in [1.54, 1.807) is 0 Å². The van der Waals surface area contributed by atoms with Crippen LogP contribution in [0.4, 0.5) is 17.1 Å². The van der Waals surface area contributed by atoms with Crippen molar-refractivity contribution >= 4 is 39.6 Å². The van der Waals surface area contributed by atoms with Crippen LogP contribution >= 0.6 is 11.8 Å². The van der Waals surface area contributed by atoms with E-state index in [9.17, 15) is 0 Å². The van der Waals surface area contributed by atoms with Crippen LogP contribution in [0, 0.1) is 0 Å². The Bertz CT molecular complexity index is 3880. The monoisotopic (exact) mass is 895 g/mol. The molecular formula is C66H41NOS. The third-order valence-electron chi connectivity index (χ3n) is 15.4. The zero-order valence-electron chi connectivity index (χ0n) is 37.4. The topological polar surface area (TPSA) is 12.5 Å². The summed E-state index contributed by atoms with van der Waals surface area (Å²) in [5, 5.41) is 2.51. The van der Waals surface area contributed by atoms with Crippen molar-refractivity contribution in [2.75, 3.05) is 4.90 Å². The van der Waals surface area contributed by atoms with Crippen molar-refractivity contribution in [2.24, 2.45) is 0 Å². The minimum atomic E-state index is -0.601. The van der Waals surface area contributed by atoms with Crippen molar-refractivity contribution in [1.29, 1.82) is 0 Å². The van der Waals surface area contributed by atoms with Crippen molar-refractivity contribution < 1.29 is 4.74 Å². The van der Waals surface area contributed by atoms with E-state index in [1.165, 1.54) is 87.3 Å². The number of ether oxygens (including phenoxy) is 1. The predicted molar refractivity (Wildman–Crippen MR) is 283 cm³/mol. The second-order valence-corrected chi connectivity index (χ2v) is 19.8. The highest BCUT2D eigenvalue weighted by molar-refractivity contribution is 7.99. The molecule has 3 heteroatoms. The van der Waals surface area contributed by atoms with Crippen LogP contribution in [0.2, 0.25) is 0 Å². The van der Waals surface area contributed by atoms with E-state index in [4.69, 9.17) is 4.74 Å². The molecule has 0 amide bonds. The van der Waals surface area contributed by atoms with Crippen LogP contribution in [-0.2, 0) is 10.8 Å². The standard InChI is InChI=1S/C66H41NOS/c1-2-16-42(17-3-1)43-30-32-46(33-31-43)67(47-34-36-51-49-20-6-8-22-53(49)65(58(51)40-47)55-24-10-13-27-61(55)68-62-28-14-11-25-56(62)65)48-35-37-52-50-21-7-9-23-54(50)66(59(52)41-48)57-26-12-15-29-63(57)69-64-39-45-19-5-4-18-44(45)38-60(64)66/h1-41H. The van der Waals surface area contributed by atoms with Gasteiger partial charge in [0.05, 0.1) is 10.8 Å². The SMILES string of the molecule is c1ccc(-c2ccc(N(c3ccc4c(c3)C3(c5ccccc5Oc5ccccc53)c3ccccc3-4)c3ccc4c(c3)C3(c5ccccc5Sc5cc6ccccc6cc53)c3ccccc3-4)cc2)cc1. The minimum absolute atomic E-state index is 0.550. The van der Waals surface area contributed by atoms with Crippen molar-refractivity contribution in [2.45, 2.75) is 20.6 Å². The van der Waals surface area contributed by atoms with E-state index in [0.29, 0.717) is 0 Å². The van der Waals surface area contributed by atoms with E-state index in [0.717, 1.165) is 39.7 Å². The van der Waals surface area contributed by atoms with Gasteiger partial charge in [0.15, 0.2) is 0 Å². The van der Waals surface area contributed by atoms with E-state index >= 15 is 0 Å². The highest BCUT2D eigenvalue weighted by atomic mass is 32.2. The summed E-state index contributed by atoms with van der Waals surface area (Å²) < 4.78 is 6.74. The molecule has 0 radical (unpaired) electrons. The normalized spacial score (nSPS) is 15.8. The first-order valence-electron chi connectivity index (χ1n) is 23.8. The van der Waals surface area contributed by atoms with Gasteiger partial charge in [-0.2, -0.15) is 0 Å². The molecule has 11 aromatic carbocycles. The first-order valence-corrected chi connectivity index (χ1v) is 24.6. The number of hydrogen-bond acceptors (Lipinski definition) is 3. The lowest BCUT2D eigenvalue weighted by Gasteiger charge is -2.40. The van der Waals surface area contributed by atoms with Gasteiger partial charge in [-0.3, -0.25) is 0 Å². The first-order chi connectivity index (χ1) is 34.2. The molecule has 2 spiro atoms. The maximum Gasteiger partial charge on any atom is 0.132 e. The lowest BCUT2D eigenvalue weighted by molar-refractivity contribution is 0.436. The summed E-state index contributed by atoms with van der Waals surface area (Å²) in [6.07, 6.45) is 0. The van der Waals surface area contributed by atoms with Crippen molar-refractivity contribution in [1.82, 2.24) is 0 Å². The highest BCUT2D eigenvalue weighted by Gasteiger charge is 2.52. The predicted octanol–water partition coefficient (Wildman–Crippen LogP) is 17.3. The molecule has 2 aliphatic heterocycles. The molecule has 322 valence electrons. The molecule has 2 heterocycles. The molecule has 69 heavy (non-hydrogen) atoms. The molecular weight excluding hydrogens is 855 g/mol. The number of hydrogen-bond donors (Lipinski definition) is 0. The fourth-order valence-corrected chi connectivity index (χ4v) is 13.8. The Balaban J connectivity index is 1.01. The number of fused-ring (bicyclic) bond motifs is 19. The number of benzene rings is 11. The van der Waals surface area contributed by atoms with E-state index in [1.807, 2.05) is 11.8 Å². The molecule has 0 saturated heterocycles. The van der Waals surface area contributed by atoms with Crippen LogP contribution in [0.15, 0.2) is 259 Å². The van der Waals surface area contributed by atoms with Crippen LogP contribution in [-0.4, -0.2) is 0 Å². The van der Waals surface area contributed by atoms with Gasteiger partial charge in [-0.25, -0.2) is 0 Å². The smallest absolute Gasteiger partial charge is 0.132 e. The fourth-order valence-electron chi connectivity index (χ4n) is 12.6. The molecule has 1 atom stereocenters. The zero-order chi connectivity index (χ0) is 45.3. The Kier molecular flexibility index (Phi) is 8.17. The van der Waals surface area contributed by atoms with E-state index in [2.05, 4.69) is 254 Å². The third-order valence-corrected chi connectivity index (χ3v) is 16.5. The van der Waals surface area contributed by atoms with Crippen LogP contribution in [0.1, 0.15) is 44.5 Å². The van der Waals surface area contributed by atoms with Gasteiger partial charge < -0.3 is 9.64 Å². The van der Waals surface area contributed by atoms with Gasteiger partial charge in [0.1, 0.15) is 11.5 Å². The molecule has 0 N–H and O–H groups in total. The van der Waals surface area contributed by atoms with Gasteiger partial charge in [0.25, 0.3) is 0 Å². The van der Waals surface area contributed by atoms with Gasteiger partial charge in [-0.05, 0) is 144 Å².